The van der Waals surface area contributed by atoms with E-state index in [1.54, 1.807) is 12.1 Å². The highest BCUT2D eigenvalue weighted by molar-refractivity contribution is 5.89. The minimum absolute atomic E-state index is 0.0565. The van der Waals surface area contributed by atoms with Crippen LogP contribution in [0.25, 0.3) is 0 Å². The van der Waals surface area contributed by atoms with Gasteiger partial charge in [0.25, 0.3) is 0 Å². The van der Waals surface area contributed by atoms with Gasteiger partial charge in [0.15, 0.2) is 0 Å². The molecule has 1 heterocycles. The van der Waals surface area contributed by atoms with Crippen molar-refractivity contribution >= 4 is 17.7 Å². The maximum Gasteiger partial charge on any atom is 0.319 e. The van der Waals surface area contributed by atoms with Crippen molar-refractivity contribution in [3.63, 3.8) is 0 Å². The number of aromatic nitrogens is 1. The van der Waals surface area contributed by atoms with E-state index >= 15 is 0 Å². The van der Waals surface area contributed by atoms with E-state index in [2.05, 4.69) is 36.4 Å². The average molecular weight is 279 g/mol. The predicted octanol–water partition coefficient (Wildman–Crippen LogP) is 2.27. The highest BCUT2D eigenvalue weighted by atomic mass is 16.4. The Morgan fingerprint density at radius 1 is 1.35 bits per heavy atom. The van der Waals surface area contributed by atoms with E-state index in [1.165, 1.54) is 6.20 Å². The van der Waals surface area contributed by atoms with E-state index in [4.69, 9.17) is 5.11 Å². The maximum atomic E-state index is 11.7. The zero-order valence-electron chi connectivity index (χ0n) is 12.1. The van der Waals surface area contributed by atoms with Crippen LogP contribution in [-0.2, 0) is 11.2 Å². The van der Waals surface area contributed by atoms with Crippen LogP contribution in [0.3, 0.4) is 0 Å². The molecular weight excluding hydrogens is 258 g/mol. The summed E-state index contributed by atoms with van der Waals surface area (Å²) >= 11 is 0. The summed E-state index contributed by atoms with van der Waals surface area (Å²) in [5.41, 5.74) is 1.04. The topological polar surface area (TPSA) is 91.3 Å². The minimum Gasteiger partial charge on any atom is -0.481 e. The molecule has 0 atom stereocenters. The Bertz CT molecular complexity index is 469. The molecule has 0 fully saturated rings. The van der Waals surface area contributed by atoms with Gasteiger partial charge in [0, 0.05) is 6.54 Å². The average Bonchev–Trinajstić information content (AvgIpc) is 2.38. The first kappa shape index (κ1) is 15.9. The van der Waals surface area contributed by atoms with Crippen molar-refractivity contribution in [2.75, 3.05) is 11.9 Å². The fourth-order valence-electron chi connectivity index (χ4n) is 1.38. The predicted molar refractivity (Wildman–Crippen MR) is 76.7 cm³/mol. The summed E-state index contributed by atoms with van der Waals surface area (Å²) in [5.74, 6) is -0.933. The number of nitrogens with one attached hydrogen (secondary N) is 2. The molecule has 0 radical (unpaired) electrons. The number of rotatable bonds is 6. The number of pyridine rings is 1. The van der Waals surface area contributed by atoms with Crippen LogP contribution < -0.4 is 10.6 Å². The number of aliphatic carboxylic acids is 1. The van der Waals surface area contributed by atoms with Gasteiger partial charge in [-0.05, 0) is 24.0 Å². The molecule has 1 aromatic heterocycles. The first-order chi connectivity index (χ1) is 9.32. The zero-order chi connectivity index (χ0) is 15.2. The van der Waals surface area contributed by atoms with Gasteiger partial charge in [0.1, 0.15) is 0 Å². The van der Waals surface area contributed by atoms with Crippen LogP contribution in [0.1, 0.15) is 32.9 Å². The van der Waals surface area contributed by atoms with Gasteiger partial charge in [0.2, 0.25) is 0 Å². The Morgan fingerprint density at radius 3 is 2.55 bits per heavy atom. The van der Waals surface area contributed by atoms with E-state index in [9.17, 15) is 9.59 Å². The summed E-state index contributed by atoms with van der Waals surface area (Å²) in [6.45, 7) is 6.82. The van der Waals surface area contributed by atoms with Crippen molar-refractivity contribution < 1.29 is 14.7 Å². The van der Waals surface area contributed by atoms with Crippen LogP contribution in [0, 0.1) is 5.41 Å². The molecule has 1 rings (SSSR count). The molecule has 6 nitrogen and oxygen atoms in total. The molecule has 0 saturated heterocycles. The number of carboxylic acid groups (broad SMARTS) is 1. The quantitative estimate of drug-likeness (QED) is 0.745. The Kier molecular flexibility index (Phi) is 5.49. The summed E-state index contributed by atoms with van der Waals surface area (Å²) < 4.78 is 0. The molecule has 2 amide bonds. The van der Waals surface area contributed by atoms with E-state index in [-0.39, 0.29) is 17.9 Å². The molecule has 6 heteroatoms. The number of amides is 2. The lowest BCUT2D eigenvalue weighted by molar-refractivity contribution is -0.136. The first-order valence-electron chi connectivity index (χ1n) is 6.54. The van der Waals surface area contributed by atoms with E-state index in [0.717, 1.165) is 6.42 Å². The monoisotopic (exact) mass is 279 g/mol. The van der Waals surface area contributed by atoms with Crippen molar-refractivity contribution in [1.29, 1.82) is 0 Å². The number of hydrogen-bond acceptors (Lipinski definition) is 3. The van der Waals surface area contributed by atoms with Crippen LogP contribution in [0.4, 0.5) is 10.5 Å². The van der Waals surface area contributed by atoms with Crippen LogP contribution >= 0.6 is 0 Å². The van der Waals surface area contributed by atoms with Gasteiger partial charge in [0.05, 0.1) is 24.0 Å². The number of carbonyl (C=O) groups excluding carboxylic acids is 1. The maximum absolute atomic E-state index is 11.7. The molecule has 20 heavy (non-hydrogen) atoms. The summed E-state index contributed by atoms with van der Waals surface area (Å²) in [4.78, 5) is 26.2. The Labute approximate surface area is 118 Å². The second kappa shape index (κ2) is 6.88. The van der Waals surface area contributed by atoms with Crippen molar-refractivity contribution in [3.8, 4) is 0 Å². The molecule has 0 aliphatic rings. The number of carbonyl (C=O) groups is 2. The number of nitrogens with zero attached hydrogens (tertiary/aromatic N) is 1. The summed E-state index contributed by atoms with van der Waals surface area (Å²) in [6, 6.07) is 2.93. The third-order valence-corrected chi connectivity index (χ3v) is 3.10. The first-order valence-corrected chi connectivity index (χ1v) is 6.54. The summed E-state index contributed by atoms with van der Waals surface area (Å²) in [5, 5.41) is 14.1. The SMILES string of the molecule is CCC(C)(C)CNC(=O)Nc1ccc(CC(=O)O)nc1. The van der Waals surface area contributed by atoms with E-state index in [1.807, 2.05) is 0 Å². The molecule has 3 N–H and O–H groups in total. The largest absolute Gasteiger partial charge is 0.481 e. The smallest absolute Gasteiger partial charge is 0.319 e. The molecule has 0 aliphatic carbocycles. The van der Waals surface area contributed by atoms with Gasteiger partial charge in [-0.1, -0.05) is 20.8 Å². The standard InChI is InChI=1S/C14H21N3O3/c1-4-14(2,3)9-16-13(20)17-11-6-5-10(15-8-11)7-12(18)19/h5-6,8H,4,7,9H2,1-3H3,(H,18,19)(H2,16,17,20). The number of hydrogen-bond donors (Lipinski definition) is 3. The fraction of sp³-hybridized carbons (Fsp3) is 0.500. The molecule has 0 saturated carbocycles. The normalized spacial score (nSPS) is 10.9. The second-order valence-electron chi connectivity index (χ2n) is 5.43. The van der Waals surface area contributed by atoms with Gasteiger partial charge < -0.3 is 15.7 Å². The number of urea groups is 1. The van der Waals surface area contributed by atoms with Gasteiger partial charge >= 0.3 is 12.0 Å². The zero-order valence-corrected chi connectivity index (χ0v) is 12.1. The third kappa shape index (κ3) is 5.69. The van der Waals surface area contributed by atoms with Gasteiger partial charge in [-0.3, -0.25) is 9.78 Å². The van der Waals surface area contributed by atoms with Crippen molar-refractivity contribution in [3.05, 3.63) is 24.0 Å². The molecule has 0 aromatic carbocycles. The lowest BCUT2D eigenvalue weighted by atomic mass is 9.90. The minimum atomic E-state index is -0.933. The second-order valence-corrected chi connectivity index (χ2v) is 5.43. The van der Waals surface area contributed by atoms with E-state index in [0.29, 0.717) is 17.9 Å². The van der Waals surface area contributed by atoms with Gasteiger partial charge in [-0.25, -0.2) is 4.79 Å². The van der Waals surface area contributed by atoms with Gasteiger partial charge in [-0.2, -0.15) is 0 Å². The van der Waals surface area contributed by atoms with E-state index < -0.39 is 5.97 Å². The lowest BCUT2D eigenvalue weighted by Gasteiger charge is -2.22. The molecule has 1 aromatic rings. The van der Waals surface area contributed by atoms with Crippen molar-refractivity contribution in [1.82, 2.24) is 10.3 Å². The molecule has 0 spiro atoms. The molecular formula is C14H21N3O3. The lowest BCUT2D eigenvalue weighted by Crippen LogP contribution is -2.36. The van der Waals surface area contributed by atoms with Crippen LogP contribution in [0.15, 0.2) is 18.3 Å². The van der Waals surface area contributed by atoms with Gasteiger partial charge in [-0.15, -0.1) is 0 Å². The van der Waals surface area contributed by atoms with Crippen molar-refractivity contribution in [2.24, 2.45) is 5.41 Å². The van der Waals surface area contributed by atoms with Crippen LogP contribution in [-0.4, -0.2) is 28.6 Å². The Balaban J connectivity index is 2.48. The highest BCUT2D eigenvalue weighted by Crippen LogP contribution is 2.17. The summed E-state index contributed by atoms with van der Waals surface area (Å²) in [6.07, 6.45) is 2.29. The number of carboxylic acids is 1. The molecule has 0 unspecified atom stereocenters. The number of anilines is 1. The fourth-order valence-corrected chi connectivity index (χ4v) is 1.38. The van der Waals surface area contributed by atoms with Crippen molar-refractivity contribution in [2.45, 2.75) is 33.6 Å². The summed E-state index contributed by atoms with van der Waals surface area (Å²) in [7, 11) is 0. The van der Waals surface area contributed by atoms with Crippen LogP contribution in [0.2, 0.25) is 0 Å². The molecule has 0 aliphatic heterocycles. The molecule has 0 bridgehead atoms. The van der Waals surface area contributed by atoms with Crippen LogP contribution in [0.5, 0.6) is 0 Å². The third-order valence-electron chi connectivity index (χ3n) is 3.10. The molecule has 110 valence electrons. The Morgan fingerprint density at radius 2 is 2.05 bits per heavy atom. The Hall–Kier alpha value is -2.11. The highest BCUT2D eigenvalue weighted by Gasteiger charge is 2.16.